The molecule has 3 aromatic rings. The highest BCUT2D eigenvalue weighted by molar-refractivity contribution is 5.95. The van der Waals surface area contributed by atoms with E-state index >= 15 is 0 Å². The van der Waals surface area contributed by atoms with Crippen molar-refractivity contribution in [1.29, 1.82) is 0 Å². The number of carbonyl (C=O) groups excluding carboxylic acids is 2. The largest absolute Gasteiger partial charge is 0.444 e. The van der Waals surface area contributed by atoms with Gasteiger partial charge >= 0.3 is 0 Å². The average molecular weight is 361 g/mol. The van der Waals surface area contributed by atoms with Crippen molar-refractivity contribution < 1.29 is 14.0 Å². The van der Waals surface area contributed by atoms with Crippen LogP contribution in [0.15, 0.2) is 71.6 Å². The number of hydrogen-bond acceptors (Lipinski definition) is 4. The maximum absolute atomic E-state index is 13.2. The molecule has 1 N–H and O–H groups in total. The highest BCUT2D eigenvalue weighted by Gasteiger charge is 2.30. The Kier molecular flexibility index (Phi) is 4.70. The van der Waals surface area contributed by atoms with E-state index < -0.39 is 0 Å². The molecule has 2 amide bonds. The number of nitrogens with zero attached hydrogens (tertiary/aromatic N) is 2. The van der Waals surface area contributed by atoms with Crippen LogP contribution in [-0.2, 0) is 4.79 Å². The molecule has 1 saturated heterocycles. The minimum Gasteiger partial charge on any atom is -0.444 e. The first-order chi connectivity index (χ1) is 13.2. The molecule has 6 nitrogen and oxygen atoms in total. The van der Waals surface area contributed by atoms with Gasteiger partial charge in [0, 0.05) is 24.2 Å². The van der Waals surface area contributed by atoms with Crippen LogP contribution in [0.25, 0.3) is 11.3 Å². The summed E-state index contributed by atoms with van der Waals surface area (Å²) in [6.45, 7) is 0.915. The summed E-state index contributed by atoms with van der Waals surface area (Å²) in [5.41, 5.74) is 2.39. The second-order valence-electron chi connectivity index (χ2n) is 6.42. The second-order valence-corrected chi connectivity index (χ2v) is 6.42. The predicted molar refractivity (Wildman–Crippen MR) is 99.8 cm³/mol. The molecule has 0 bridgehead atoms. The lowest BCUT2D eigenvalue weighted by atomic mass is 10.0. The van der Waals surface area contributed by atoms with Crippen LogP contribution >= 0.6 is 0 Å². The van der Waals surface area contributed by atoms with Crippen LogP contribution in [0, 0.1) is 0 Å². The molecule has 1 aliphatic rings. The summed E-state index contributed by atoms with van der Waals surface area (Å²) in [4.78, 5) is 31.0. The van der Waals surface area contributed by atoms with Crippen LogP contribution in [0.2, 0.25) is 0 Å². The van der Waals surface area contributed by atoms with E-state index in [2.05, 4.69) is 10.3 Å². The number of nitrogens with one attached hydrogen (secondary N) is 1. The lowest BCUT2D eigenvalue weighted by molar-refractivity contribution is -0.121. The van der Waals surface area contributed by atoms with Gasteiger partial charge in [-0.2, -0.15) is 0 Å². The first-order valence-electron chi connectivity index (χ1n) is 8.84. The normalized spacial score (nSPS) is 17.3. The van der Waals surface area contributed by atoms with Crippen molar-refractivity contribution in [3.8, 4) is 11.3 Å². The van der Waals surface area contributed by atoms with Crippen LogP contribution in [-0.4, -0.2) is 34.8 Å². The van der Waals surface area contributed by atoms with Gasteiger partial charge in [0.15, 0.2) is 12.2 Å². The molecule has 0 spiro atoms. The minimum atomic E-state index is -0.282. The third kappa shape index (κ3) is 3.60. The van der Waals surface area contributed by atoms with Gasteiger partial charge < -0.3 is 14.6 Å². The molecule has 136 valence electrons. The second kappa shape index (κ2) is 7.45. The van der Waals surface area contributed by atoms with Crippen molar-refractivity contribution in [2.45, 2.75) is 12.5 Å². The SMILES string of the molecule is O=C1CC(c2ccccc2)N(C(=O)c2ccc(-c3cnco3)cc2)CCN1. The molecule has 0 radical (unpaired) electrons. The van der Waals surface area contributed by atoms with Crippen molar-refractivity contribution in [1.82, 2.24) is 15.2 Å². The number of oxazole rings is 1. The Labute approximate surface area is 156 Å². The monoisotopic (exact) mass is 361 g/mol. The van der Waals surface area contributed by atoms with Gasteiger partial charge in [-0.05, 0) is 17.7 Å². The Bertz CT molecular complexity index is 921. The van der Waals surface area contributed by atoms with Crippen molar-refractivity contribution in [2.24, 2.45) is 0 Å². The van der Waals surface area contributed by atoms with E-state index in [1.165, 1.54) is 6.39 Å². The van der Waals surface area contributed by atoms with Gasteiger partial charge in [-0.25, -0.2) is 4.98 Å². The van der Waals surface area contributed by atoms with Gasteiger partial charge in [0.2, 0.25) is 5.91 Å². The summed E-state index contributed by atoms with van der Waals surface area (Å²) < 4.78 is 5.29. The van der Waals surface area contributed by atoms with Crippen LogP contribution in [0.3, 0.4) is 0 Å². The Hall–Kier alpha value is -3.41. The summed E-state index contributed by atoms with van der Waals surface area (Å²) in [7, 11) is 0. The van der Waals surface area contributed by atoms with Gasteiger partial charge in [-0.3, -0.25) is 9.59 Å². The van der Waals surface area contributed by atoms with E-state index in [1.807, 2.05) is 42.5 Å². The fourth-order valence-corrected chi connectivity index (χ4v) is 3.35. The molecule has 1 unspecified atom stereocenters. The average Bonchev–Trinajstić information content (AvgIpc) is 3.18. The maximum atomic E-state index is 13.2. The van der Waals surface area contributed by atoms with Gasteiger partial charge in [0.1, 0.15) is 0 Å². The van der Waals surface area contributed by atoms with Crippen LogP contribution < -0.4 is 5.32 Å². The Morgan fingerprint density at radius 3 is 2.59 bits per heavy atom. The molecule has 0 saturated carbocycles. The number of rotatable bonds is 3. The van der Waals surface area contributed by atoms with Gasteiger partial charge in [-0.1, -0.05) is 42.5 Å². The van der Waals surface area contributed by atoms with E-state index in [-0.39, 0.29) is 24.3 Å². The molecule has 1 aromatic heterocycles. The van der Waals surface area contributed by atoms with Crippen molar-refractivity contribution >= 4 is 11.8 Å². The smallest absolute Gasteiger partial charge is 0.254 e. The zero-order chi connectivity index (χ0) is 18.6. The summed E-state index contributed by atoms with van der Waals surface area (Å²) in [5.74, 6) is 0.519. The zero-order valence-electron chi connectivity index (χ0n) is 14.7. The van der Waals surface area contributed by atoms with E-state index in [0.29, 0.717) is 24.4 Å². The first-order valence-corrected chi connectivity index (χ1v) is 8.84. The van der Waals surface area contributed by atoms with E-state index in [9.17, 15) is 9.59 Å². The number of carbonyl (C=O) groups is 2. The lowest BCUT2D eigenvalue weighted by Gasteiger charge is -2.29. The molecule has 6 heteroatoms. The van der Waals surface area contributed by atoms with Crippen molar-refractivity contribution in [3.05, 3.63) is 78.3 Å². The summed E-state index contributed by atoms with van der Waals surface area (Å²) in [5, 5.41) is 2.86. The highest BCUT2D eigenvalue weighted by atomic mass is 16.3. The van der Waals surface area contributed by atoms with Crippen LogP contribution in [0.4, 0.5) is 0 Å². The predicted octanol–water partition coefficient (Wildman–Crippen LogP) is 3.05. The Morgan fingerprint density at radius 1 is 1.11 bits per heavy atom. The molecule has 2 aromatic carbocycles. The fourth-order valence-electron chi connectivity index (χ4n) is 3.35. The molecule has 1 fully saturated rings. The molecule has 1 aliphatic heterocycles. The quantitative estimate of drug-likeness (QED) is 0.778. The molecule has 4 rings (SSSR count). The summed E-state index contributed by atoms with van der Waals surface area (Å²) >= 11 is 0. The lowest BCUT2D eigenvalue weighted by Crippen LogP contribution is -2.36. The topological polar surface area (TPSA) is 75.4 Å². The minimum absolute atomic E-state index is 0.0418. The third-order valence-corrected chi connectivity index (χ3v) is 4.72. The Morgan fingerprint density at radius 2 is 1.89 bits per heavy atom. The van der Waals surface area contributed by atoms with E-state index in [1.54, 1.807) is 23.2 Å². The van der Waals surface area contributed by atoms with Crippen LogP contribution in [0.1, 0.15) is 28.4 Å². The fraction of sp³-hybridized carbons (Fsp3) is 0.190. The molecular weight excluding hydrogens is 342 g/mol. The van der Waals surface area contributed by atoms with Crippen LogP contribution in [0.5, 0.6) is 0 Å². The molecule has 0 aliphatic carbocycles. The number of amides is 2. The molecule has 1 atom stereocenters. The standard InChI is InChI=1S/C21H19N3O3/c25-20-12-18(15-4-2-1-3-5-15)24(11-10-23-20)21(26)17-8-6-16(7-9-17)19-13-22-14-27-19/h1-9,13-14,18H,10-12H2,(H,23,25). The zero-order valence-corrected chi connectivity index (χ0v) is 14.7. The molecular formula is C21H19N3O3. The van der Waals surface area contributed by atoms with Gasteiger partial charge in [0.25, 0.3) is 5.91 Å². The summed E-state index contributed by atoms with van der Waals surface area (Å²) in [6, 6.07) is 16.6. The molecule has 2 heterocycles. The Balaban J connectivity index is 1.62. The highest BCUT2D eigenvalue weighted by Crippen LogP contribution is 2.28. The van der Waals surface area contributed by atoms with E-state index in [0.717, 1.165) is 11.1 Å². The first kappa shape index (κ1) is 17.0. The molecule has 27 heavy (non-hydrogen) atoms. The summed E-state index contributed by atoms with van der Waals surface area (Å²) in [6.07, 6.45) is 3.26. The third-order valence-electron chi connectivity index (χ3n) is 4.72. The number of aromatic nitrogens is 1. The maximum Gasteiger partial charge on any atom is 0.254 e. The number of hydrogen-bond donors (Lipinski definition) is 1. The number of benzene rings is 2. The van der Waals surface area contributed by atoms with Crippen molar-refractivity contribution in [2.75, 3.05) is 13.1 Å². The van der Waals surface area contributed by atoms with Crippen molar-refractivity contribution in [3.63, 3.8) is 0 Å². The van der Waals surface area contributed by atoms with Gasteiger partial charge in [-0.15, -0.1) is 0 Å². The van der Waals surface area contributed by atoms with Gasteiger partial charge in [0.05, 0.1) is 18.7 Å². The van der Waals surface area contributed by atoms with E-state index in [4.69, 9.17) is 4.42 Å².